The average Bonchev–Trinajstić information content (AvgIpc) is 2.67. The molecule has 0 aliphatic carbocycles. The van der Waals surface area contributed by atoms with Crippen molar-refractivity contribution < 1.29 is 23.5 Å². The third-order valence-corrected chi connectivity index (χ3v) is 4.22. The summed E-state index contributed by atoms with van der Waals surface area (Å²) in [5.41, 5.74) is 1.46. The quantitative estimate of drug-likeness (QED) is 0.728. The minimum absolute atomic E-state index is 0.00703. The smallest absolute Gasteiger partial charge is 0.326 e. The fourth-order valence-electron chi connectivity index (χ4n) is 2.47. The zero-order valence-corrected chi connectivity index (χ0v) is 16.9. The Balaban J connectivity index is 1.83. The molecule has 154 valence electrons. The zero-order chi connectivity index (χ0) is 21.6. The van der Waals surface area contributed by atoms with E-state index in [2.05, 4.69) is 31.4 Å². The topological polar surface area (TPSA) is 84.5 Å². The first-order chi connectivity index (χ1) is 13.6. The van der Waals surface area contributed by atoms with Crippen LogP contribution in [-0.2, 0) is 19.7 Å². The highest BCUT2D eigenvalue weighted by Crippen LogP contribution is 2.22. The van der Waals surface area contributed by atoms with Gasteiger partial charge in [0.25, 0.3) is 11.8 Å². The number of anilines is 1. The van der Waals surface area contributed by atoms with Crippen molar-refractivity contribution in [2.45, 2.75) is 39.2 Å². The van der Waals surface area contributed by atoms with Crippen LogP contribution < -0.4 is 10.6 Å². The minimum Gasteiger partial charge on any atom is -0.451 e. The van der Waals surface area contributed by atoms with Gasteiger partial charge in [0.15, 0.2) is 6.10 Å². The summed E-state index contributed by atoms with van der Waals surface area (Å²) in [5.74, 6) is -2.47. The summed E-state index contributed by atoms with van der Waals surface area (Å²) >= 11 is 0. The molecular formula is C22H25FN2O4. The van der Waals surface area contributed by atoms with Crippen LogP contribution >= 0.6 is 0 Å². The summed E-state index contributed by atoms with van der Waals surface area (Å²) in [4.78, 5) is 36.1. The van der Waals surface area contributed by atoms with Crippen molar-refractivity contribution in [3.8, 4) is 0 Å². The number of rotatable bonds is 6. The van der Waals surface area contributed by atoms with Crippen LogP contribution in [0.4, 0.5) is 10.1 Å². The van der Waals surface area contributed by atoms with E-state index >= 15 is 0 Å². The lowest BCUT2D eigenvalue weighted by atomic mass is 9.87. The van der Waals surface area contributed by atoms with Crippen LogP contribution in [0, 0.1) is 5.82 Å². The van der Waals surface area contributed by atoms with Crippen molar-refractivity contribution >= 4 is 23.5 Å². The predicted molar refractivity (Wildman–Crippen MR) is 108 cm³/mol. The molecule has 1 atom stereocenters. The van der Waals surface area contributed by atoms with Gasteiger partial charge in [-0.25, -0.2) is 4.39 Å². The molecule has 2 amide bonds. The van der Waals surface area contributed by atoms with Gasteiger partial charge in [-0.1, -0.05) is 45.0 Å². The van der Waals surface area contributed by atoms with Gasteiger partial charge in [0.2, 0.25) is 0 Å². The number of hydrogen-bond donors (Lipinski definition) is 2. The van der Waals surface area contributed by atoms with Gasteiger partial charge >= 0.3 is 5.97 Å². The molecule has 2 aromatic rings. The van der Waals surface area contributed by atoms with E-state index in [1.54, 1.807) is 18.2 Å². The molecule has 0 aliphatic heterocycles. The fourth-order valence-corrected chi connectivity index (χ4v) is 2.47. The van der Waals surface area contributed by atoms with E-state index in [1.165, 1.54) is 25.1 Å². The second-order valence-electron chi connectivity index (χ2n) is 7.61. The molecule has 2 aromatic carbocycles. The highest BCUT2D eigenvalue weighted by molar-refractivity contribution is 5.97. The van der Waals surface area contributed by atoms with Gasteiger partial charge in [0, 0.05) is 5.56 Å². The lowest BCUT2D eigenvalue weighted by Crippen LogP contribution is -2.36. The van der Waals surface area contributed by atoms with Crippen molar-refractivity contribution in [3.05, 3.63) is 65.5 Å². The van der Waals surface area contributed by atoms with E-state index in [4.69, 9.17) is 4.74 Å². The number of carbonyl (C=O) groups excluding carboxylic acids is 3. The first-order valence-corrected chi connectivity index (χ1v) is 9.21. The lowest BCUT2D eigenvalue weighted by Gasteiger charge is -2.19. The summed E-state index contributed by atoms with van der Waals surface area (Å²) in [6, 6.07) is 12.8. The SMILES string of the molecule is C[C@@H](OC(=O)CNC(=O)c1ccc(C(C)(C)C)cc1)C(=O)Nc1ccccc1F. The Hall–Kier alpha value is -3.22. The Bertz CT molecular complexity index is 888. The third-order valence-electron chi connectivity index (χ3n) is 4.22. The highest BCUT2D eigenvalue weighted by atomic mass is 19.1. The summed E-state index contributed by atoms with van der Waals surface area (Å²) in [7, 11) is 0. The Morgan fingerprint density at radius 1 is 1.03 bits per heavy atom. The van der Waals surface area contributed by atoms with Crippen molar-refractivity contribution in [2.24, 2.45) is 0 Å². The minimum atomic E-state index is -1.15. The molecule has 0 bridgehead atoms. The number of para-hydroxylation sites is 1. The molecule has 2 rings (SSSR count). The van der Waals surface area contributed by atoms with Crippen LogP contribution in [0.25, 0.3) is 0 Å². The molecule has 0 aliphatic rings. The van der Waals surface area contributed by atoms with Crippen LogP contribution in [-0.4, -0.2) is 30.4 Å². The number of benzene rings is 2. The molecule has 6 nitrogen and oxygen atoms in total. The summed E-state index contributed by atoms with van der Waals surface area (Å²) in [6.07, 6.45) is -1.15. The van der Waals surface area contributed by atoms with Gasteiger partial charge in [-0.15, -0.1) is 0 Å². The molecule has 0 saturated carbocycles. The van der Waals surface area contributed by atoms with E-state index in [0.717, 1.165) is 5.56 Å². The van der Waals surface area contributed by atoms with E-state index in [0.29, 0.717) is 5.56 Å². The molecule has 0 aromatic heterocycles. The number of ether oxygens (including phenoxy) is 1. The Morgan fingerprint density at radius 2 is 1.66 bits per heavy atom. The van der Waals surface area contributed by atoms with Crippen molar-refractivity contribution in [1.82, 2.24) is 5.32 Å². The molecule has 0 saturated heterocycles. The molecule has 7 heteroatoms. The summed E-state index contributed by atoms with van der Waals surface area (Å²) < 4.78 is 18.6. The van der Waals surface area contributed by atoms with Crippen molar-refractivity contribution in [2.75, 3.05) is 11.9 Å². The largest absolute Gasteiger partial charge is 0.451 e. The maximum absolute atomic E-state index is 13.6. The van der Waals surface area contributed by atoms with Crippen LogP contribution in [0.1, 0.15) is 43.6 Å². The fraction of sp³-hybridized carbons (Fsp3) is 0.318. The van der Waals surface area contributed by atoms with Crippen LogP contribution in [0.5, 0.6) is 0 Å². The number of amides is 2. The molecule has 0 heterocycles. The first-order valence-electron chi connectivity index (χ1n) is 9.21. The van der Waals surface area contributed by atoms with Gasteiger partial charge in [-0.05, 0) is 42.2 Å². The van der Waals surface area contributed by atoms with Gasteiger partial charge < -0.3 is 15.4 Å². The molecule has 0 unspecified atom stereocenters. The van der Waals surface area contributed by atoms with Crippen LogP contribution in [0.15, 0.2) is 48.5 Å². The standard InChI is InChI=1S/C22H25FN2O4/c1-14(20(27)25-18-8-6-5-7-17(18)23)29-19(26)13-24-21(28)15-9-11-16(12-10-15)22(2,3)4/h5-12,14H,13H2,1-4H3,(H,24,28)(H,25,27)/t14-/m1/s1. The van der Waals surface area contributed by atoms with E-state index in [9.17, 15) is 18.8 Å². The Kier molecular flexibility index (Phi) is 7.09. The zero-order valence-electron chi connectivity index (χ0n) is 16.9. The summed E-state index contributed by atoms with van der Waals surface area (Å²) in [5, 5.41) is 4.80. The van der Waals surface area contributed by atoms with E-state index in [1.807, 2.05) is 12.1 Å². The summed E-state index contributed by atoms with van der Waals surface area (Å²) in [6.45, 7) is 7.18. The van der Waals surface area contributed by atoms with E-state index in [-0.39, 0.29) is 11.1 Å². The normalized spacial score (nSPS) is 12.0. The molecule has 2 N–H and O–H groups in total. The maximum atomic E-state index is 13.6. The number of nitrogens with one attached hydrogen (secondary N) is 2. The molecular weight excluding hydrogens is 375 g/mol. The van der Waals surface area contributed by atoms with E-state index < -0.39 is 36.2 Å². The molecule has 29 heavy (non-hydrogen) atoms. The van der Waals surface area contributed by atoms with Crippen LogP contribution in [0.3, 0.4) is 0 Å². The monoisotopic (exact) mass is 400 g/mol. The number of esters is 1. The highest BCUT2D eigenvalue weighted by Gasteiger charge is 2.20. The first kappa shape index (κ1) is 22.1. The Morgan fingerprint density at radius 3 is 2.24 bits per heavy atom. The van der Waals surface area contributed by atoms with Crippen LogP contribution in [0.2, 0.25) is 0 Å². The molecule has 0 radical (unpaired) electrons. The van der Waals surface area contributed by atoms with Gasteiger partial charge in [0.1, 0.15) is 12.4 Å². The molecule has 0 fully saturated rings. The number of carbonyl (C=O) groups is 3. The third kappa shape index (κ3) is 6.41. The molecule has 0 spiro atoms. The van der Waals surface area contributed by atoms with Gasteiger partial charge in [0.05, 0.1) is 5.69 Å². The Labute approximate surface area is 169 Å². The maximum Gasteiger partial charge on any atom is 0.326 e. The van der Waals surface area contributed by atoms with Crippen molar-refractivity contribution in [3.63, 3.8) is 0 Å². The second-order valence-corrected chi connectivity index (χ2v) is 7.61. The lowest BCUT2D eigenvalue weighted by molar-refractivity contribution is -0.152. The average molecular weight is 400 g/mol. The number of hydrogen-bond acceptors (Lipinski definition) is 4. The van der Waals surface area contributed by atoms with Gasteiger partial charge in [-0.3, -0.25) is 14.4 Å². The van der Waals surface area contributed by atoms with Crippen molar-refractivity contribution in [1.29, 1.82) is 0 Å². The van der Waals surface area contributed by atoms with Gasteiger partial charge in [-0.2, -0.15) is 0 Å². The predicted octanol–water partition coefficient (Wildman–Crippen LogP) is 3.42. The second kappa shape index (κ2) is 9.32. The number of halogens is 1.